The second kappa shape index (κ2) is 6.40. The van der Waals surface area contributed by atoms with Crippen molar-refractivity contribution >= 4 is 0 Å². The van der Waals surface area contributed by atoms with Crippen molar-refractivity contribution in [1.29, 1.82) is 0 Å². The maximum absolute atomic E-state index is 5.56. The number of hydrogen-bond acceptors (Lipinski definition) is 5. The van der Waals surface area contributed by atoms with Crippen molar-refractivity contribution in [3.63, 3.8) is 0 Å². The van der Waals surface area contributed by atoms with E-state index in [1.165, 1.54) is 12.0 Å². The van der Waals surface area contributed by atoms with Gasteiger partial charge in [0.15, 0.2) is 0 Å². The van der Waals surface area contributed by atoms with E-state index in [1.807, 2.05) is 25.1 Å². The largest absolute Gasteiger partial charge is 0.497 e. The summed E-state index contributed by atoms with van der Waals surface area (Å²) in [5.41, 5.74) is 2.19. The second-order valence-corrected chi connectivity index (χ2v) is 5.67. The Hall–Kier alpha value is -2.01. The molecule has 118 valence electrons. The average molecular weight is 302 g/mol. The molecule has 22 heavy (non-hydrogen) atoms. The molecule has 0 N–H and O–H groups in total. The Balaban J connectivity index is 1.83. The minimum atomic E-state index is 0.345. The first-order valence-electron chi connectivity index (χ1n) is 7.59. The molecule has 0 saturated carbocycles. The summed E-state index contributed by atoms with van der Waals surface area (Å²) in [6.07, 6.45) is 2.30. The second-order valence-electron chi connectivity index (χ2n) is 5.67. The van der Waals surface area contributed by atoms with Crippen molar-refractivity contribution in [2.45, 2.75) is 32.4 Å². The van der Waals surface area contributed by atoms with Crippen LogP contribution < -0.4 is 9.47 Å². The van der Waals surface area contributed by atoms with Crippen molar-refractivity contribution in [1.82, 2.24) is 10.1 Å². The summed E-state index contributed by atoms with van der Waals surface area (Å²) in [6.45, 7) is 3.79. The molecular formula is C17H22N2O3. The molecule has 2 aromatic rings. The normalized spacial score (nSPS) is 18.6. The summed E-state index contributed by atoms with van der Waals surface area (Å²) in [4.78, 5) is 2.43. The van der Waals surface area contributed by atoms with Gasteiger partial charge in [0.1, 0.15) is 17.3 Å². The van der Waals surface area contributed by atoms with Gasteiger partial charge in [0.2, 0.25) is 0 Å². The Morgan fingerprint density at radius 2 is 2.14 bits per heavy atom. The molecule has 1 aliphatic heterocycles. The van der Waals surface area contributed by atoms with E-state index in [-0.39, 0.29) is 0 Å². The number of rotatable bonds is 5. The lowest BCUT2D eigenvalue weighted by atomic mass is 10.0. The first-order chi connectivity index (χ1) is 10.7. The maximum atomic E-state index is 5.56. The molecule has 5 heteroatoms. The van der Waals surface area contributed by atoms with Crippen LogP contribution in [-0.4, -0.2) is 30.8 Å². The zero-order valence-corrected chi connectivity index (χ0v) is 13.3. The molecule has 0 bridgehead atoms. The van der Waals surface area contributed by atoms with E-state index >= 15 is 0 Å². The molecule has 1 aliphatic rings. The van der Waals surface area contributed by atoms with Gasteiger partial charge in [0.25, 0.3) is 0 Å². The van der Waals surface area contributed by atoms with Gasteiger partial charge < -0.3 is 14.0 Å². The van der Waals surface area contributed by atoms with Gasteiger partial charge in [-0.3, -0.25) is 4.90 Å². The average Bonchev–Trinajstić information content (AvgIpc) is 3.16. The summed E-state index contributed by atoms with van der Waals surface area (Å²) in [5, 5.41) is 4.11. The number of nitrogens with zero attached hydrogens (tertiary/aromatic N) is 2. The molecule has 0 radical (unpaired) electrons. The molecule has 5 nitrogen and oxygen atoms in total. The fourth-order valence-electron chi connectivity index (χ4n) is 3.16. The van der Waals surface area contributed by atoms with Crippen LogP contribution in [0.25, 0.3) is 0 Å². The highest BCUT2D eigenvalue weighted by Crippen LogP contribution is 2.39. The van der Waals surface area contributed by atoms with Gasteiger partial charge in [0.05, 0.1) is 19.9 Å². The molecule has 1 atom stereocenters. The third kappa shape index (κ3) is 2.95. The van der Waals surface area contributed by atoms with Crippen LogP contribution in [0.4, 0.5) is 0 Å². The first kappa shape index (κ1) is 14.9. The van der Waals surface area contributed by atoms with Gasteiger partial charge in [-0.15, -0.1) is 0 Å². The van der Waals surface area contributed by atoms with Gasteiger partial charge in [-0.2, -0.15) is 0 Å². The first-order valence-corrected chi connectivity index (χ1v) is 7.59. The molecular weight excluding hydrogens is 280 g/mol. The standard InChI is InChI=1S/C17H22N2O3/c1-12-9-13(18-22-12)11-19-8-4-5-16(19)15-7-6-14(20-2)10-17(15)21-3/h6-7,9-10,16H,4-5,8,11H2,1-3H3. The Bertz CT molecular complexity index is 639. The van der Waals surface area contributed by atoms with Gasteiger partial charge in [-0.1, -0.05) is 11.2 Å². The smallest absolute Gasteiger partial charge is 0.133 e. The zero-order valence-electron chi connectivity index (χ0n) is 13.3. The van der Waals surface area contributed by atoms with Crippen LogP contribution in [0.3, 0.4) is 0 Å². The molecule has 1 saturated heterocycles. The number of aryl methyl sites for hydroxylation is 1. The van der Waals surface area contributed by atoms with Crippen LogP contribution in [0.2, 0.25) is 0 Å². The fraction of sp³-hybridized carbons (Fsp3) is 0.471. The van der Waals surface area contributed by atoms with Crippen molar-refractivity contribution in [2.75, 3.05) is 20.8 Å². The Morgan fingerprint density at radius 3 is 2.82 bits per heavy atom. The van der Waals surface area contributed by atoms with E-state index in [4.69, 9.17) is 14.0 Å². The summed E-state index contributed by atoms with van der Waals surface area (Å²) >= 11 is 0. The highest BCUT2D eigenvalue weighted by molar-refractivity contribution is 5.42. The lowest BCUT2D eigenvalue weighted by Gasteiger charge is -2.25. The van der Waals surface area contributed by atoms with E-state index in [2.05, 4.69) is 16.1 Å². The number of ether oxygens (including phenoxy) is 2. The molecule has 2 heterocycles. The quantitative estimate of drug-likeness (QED) is 0.848. The van der Waals surface area contributed by atoms with E-state index in [9.17, 15) is 0 Å². The Morgan fingerprint density at radius 1 is 1.27 bits per heavy atom. The lowest BCUT2D eigenvalue weighted by Crippen LogP contribution is -2.23. The SMILES string of the molecule is COc1ccc(C2CCCN2Cc2cc(C)on2)c(OC)c1. The molecule has 1 aromatic heterocycles. The van der Waals surface area contributed by atoms with E-state index in [0.717, 1.165) is 42.5 Å². The van der Waals surface area contributed by atoms with Crippen molar-refractivity contribution in [2.24, 2.45) is 0 Å². The predicted molar refractivity (Wildman–Crippen MR) is 83.2 cm³/mol. The van der Waals surface area contributed by atoms with Gasteiger partial charge in [-0.05, 0) is 32.4 Å². The van der Waals surface area contributed by atoms with E-state index in [1.54, 1.807) is 14.2 Å². The molecule has 0 aliphatic carbocycles. The molecule has 1 fully saturated rings. The Labute approximate surface area is 130 Å². The summed E-state index contributed by atoms with van der Waals surface area (Å²) < 4.78 is 16.0. The highest BCUT2D eigenvalue weighted by atomic mass is 16.5. The fourth-order valence-corrected chi connectivity index (χ4v) is 3.16. The van der Waals surface area contributed by atoms with E-state index in [0.29, 0.717) is 6.04 Å². The molecule has 0 spiro atoms. The van der Waals surface area contributed by atoms with Crippen molar-refractivity contribution < 1.29 is 14.0 Å². The number of benzene rings is 1. The summed E-state index contributed by atoms with van der Waals surface area (Å²) in [7, 11) is 3.38. The minimum Gasteiger partial charge on any atom is -0.497 e. The molecule has 3 rings (SSSR count). The van der Waals surface area contributed by atoms with Crippen molar-refractivity contribution in [3.8, 4) is 11.5 Å². The van der Waals surface area contributed by atoms with Crippen LogP contribution in [0, 0.1) is 6.92 Å². The third-order valence-corrected chi connectivity index (χ3v) is 4.21. The zero-order chi connectivity index (χ0) is 15.5. The third-order valence-electron chi connectivity index (χ3n) is 4.21. The van der Waals surface area contributed by atoms with Crippen LogP contribution in [0.5, 0.6) is 11.5 Å². The van der Waals surface area contributed by atoms with Gasteiger partial charge in [-0.25, -0.2) is 0 Å². The van der Waals surface area contributed by atoms with E-state index < -0.39 is 0 Å². The lowest BCUT2D eigenvalue weighted by molar-refractivity contribution is 0.235. The minimum absolute atomic E-state index is 0.345. The predicted octanol–water partition coefficient (Wildman–Crippen LogP) is 3.34. The maximum Gasteiger partial charge on any atom is 0.133 e. The van der Waals surface area contributed by atoms with Crippen LogP contribution in [0.1, 0.15) is 35.9 Å². The molecule has 1 aromatic carbocycles. The van der Waals surface area contributed by atoms with Crippen LogP contribution in [-0.2, 0) is 6.54 Å². The Kier molecular flexibility index (Phi) is 4.34. The molecule has 1 unspecified atom stereocenters. The van der Waals surface area contributed by atoms with Gasteiger partial charge >= 0.3 is 0 Å². The monoisotopic (exact) mass is 302 g/mol. The number of hydrogen-bond donors (Lipinski definition) is 0. The molecule has 0 amide bonds. The van der Waals surface area contributed by atoms with Crippen molar-refractivity contribution in [3.05, 3.63) is 41.3 Å². The highest BCUT2D eigenvalue weighted by Gasteiger charge is 2.29. The number of methoxy groups -OCH3 is 2. The van der Waals surface area contributed by atoms with Gasteiger partial charge in [0, 0.05) is 30.3 Å². The number of aromatic nitrogens is 1. The summed E-state index contributed by atoms with van der Waals surface area (Å²) in [5.74, 6) is 2.55. The van der Waals surface area contributed by atoms with Crippen LogP contribution in [0.15, 0.2) is 28.8 Å². The summed E-state index contributed by atoms with van der Waals surface area (Å²) in [6, 6.07) is 8.40. The number of likely N-dealkylation sites (tertiary alicyclic amines) is 1. The van der Waals surface area contributed by atoms with Crippen LogP contribution >= 0.6 is 0 Å². The topological polar surface area (TPSA) is 47.7 Å².